The van der Waals surface area contributed by atoms with Crippen LogP contribution >= 0.6 is 0 Å². The monoisotopic (exact) mass is 449 g/mol. The second kappa shape index (κ2) is 6.30. The number of phenolic OH excluding ortho intramolecular Hbond substituents is 1. The topological polar surface area (TPSA) is 37.3 Å². The van der Waals surface area contributed by atoms with Crippen molar-refractivity contribution in [2.24, 2.45) is 0 Å². The third kappa shape index (κ3) is 3.42. The average Bonchev–Trinajstić information content (AvgIpc) is 2.46. The van der Waals surface area contributed by atoms with Gasteiger partial charge in [0.25, 0.3) is 0 Å². The summed E-state index contributed by atoms with van der Waals surface area (Å²) in [6.45, 7) is 2.23. The first-order valence-electron chi connectivity index (χ1n) is 6.08. The summed E-state index contributed by atoms with van der Waals surface area (Å²) in [6.07, 6.45) is 0. The summed E-state index contributed by atoms with van der Waals surface area (Å²) in [5.41, 5.74) is 2.60. The fourth-order valence-electron chi connectivity index (χ4n) is 1.85. The fraction of sp³-hybridized carbons (Fsp3) is 0.188. The zero-order chi connectivity index (χ0) is 13.8. The molecular weight excluding hydrogens is 433 g/mol. The molecule has 0 heterocycles. The van der Waals surface area contributed by atoms with Gasteiger partial charge in [-0.15, -0.1) is 0 Å². The summed E-state index contributed by atoms with van der Waals surface area (Å²) < 4.78 is 2.92. The van der Waals surface area contributed by atoms with Crippen molar-refractivity contribution >= 4 is 29.3 Å². The molecule has 3 heteroatoms. The molecule has 0 amide bonds. The molecule has 2 aromatic rings. The van der Waals surface area contributed by atoms with Crippen LogP contribution < -0.4 is 0 Å². The van der Waals surface area contributed by atoms with Crippen LogP contribution in [0.1, 0.15) is 32.0 Å². The minimum atomic E-state index is -0.346. The van der Waals surface area contributed by atoms with E-state index in [4.69, 9.17) is 0 Å². The van der Waals surface area contributed by atoms with E-state index in [9.17, 15) is 9.90 Å². The Morgan fingerprint density at radius 2 is 1.79 bits per heavy atom. The van der Waals surface area contributed by atoms with Gasteiger partial charge < -0.3 is 0 Å². The van der Waals surface area contributed by atoms with E-state index in [1.165, 1.54) is 5.56 Å². The van der Waals surface area contributed by atoms with E-state index in [1.807, 2.05) is 18.2 Å². The molecule has 0 aliphatic heterocycles. The predicted octanol–water partition coefficient (Wildman–Crippen LogP) is 3.44. The van der Waals surface area contributed by atoms with Gasteiger partial charge in [0, 0.05) is 0 Å². The third-order valence-corrected chi connectivity index (χ3v) is 6.91. The second-order valence-corrected chi connectivity index (χ2v) is 8.96. The standard InChI is InChI=1S/C15H13O2.CH3.Po/c1-2-11-4-3-5-13(10-11)15(17)12-6-8-14(16)9-7-12;;/h2-10,16H,1H3;1H3;. The predicted molar refractivity (Wildman–Crippen MR) is 78.0 cm³/mol. The average molecular weight is 449 g/mol. The number of hydrogen-bond acceptors (Lipinski definition) is 2. The summed E-state index contributed by atoms with van der Waals surface area (Å²) in [5.74, 6) is 0.187. The number of ketones is 1. The first kappa shape index (κ1) is 14.2. The number of carbonyl (C=O) groups excluding carboxylic acids is 1. The van der Waals surface area contributed by atoms with Gasteiger partial charge in [0.15, 0.2) is 0 Å². The maximum absolute atomic E-state index is 12.4. The number of aromatic hydroxyl groups is 1. The van der Waals surface area contributed by atoms with Gasteiger partial charge in [-0.05, 0) is 0 Å². The quantitative estimate of drug-likeness (QED) is 0.727. The molecule has 0 radical (unpaired) electrons. The normalized spacial score (nSPS) is 12.1. The van der Waals surface area contributed by atoms with Gasteiger partial charge in [0.1, 0.15) is 0 Å². The Balaban J connectivity index is 2.31. The Bertz CT molecular complexity index is 576. The third-order valence-electron chi connectivity index (χ3n) is 3.10. The summed E-state index contributed by atoms with van der Waals surface area (Å²) in [5, 5.41) is 9.25. The van der Waals surface area contributed by atoms with Crippen molar-refractivity contribution < 1.29 is 9.90 Å². The number of carbonyl (C=O) groups is 1. The Hall–Kier alpha value is -1.19. The van der Waals surface area contributed by atoms with Gasteiger partial charge >= 0.3 is 125 Å². The Kier molecular flexibility index (Phi) is 4.72. The molecule has 98 valence electrons. The summed E-state index contributed by atoms with van der Waals surface area (Å²) in [7, 11) is 0. The van der Waals surface area contributed by atoms with Crippen LogP contribution in [0.15, 0.2) is 48.5 Å². The van der Waals surface area contributed by atoms with Crippen molar-refractivity contribution in [1.82, 2.24) is 0 Å². The zero-order valence-electron chi connectivity index (χ0n) is 11.0. The van der Waals surface area contributed by atoms with E-state index in [-0.39, 0.29) is 35.1 Å². The molecule has 0 saturated carbocycles. The van der Waals surface area contributed by atoms with Gasteiger partial charge in [-0.3, -0.25) is 0 Å². The molecule has 0 bridgehead atoms. The van der Waals surface area contributed by atoms with Crippen LogP contribution in [0.3, 0.4) is 0 Å². The first-order valence-corrected chi connectivity index (χ1v) is 11.1. The fourth-order valence-corrected chi connectivity index (χ4v) is 3.48. The summed E-state index contributed by atoms with van der Waals surface area (Å²) in [6, 6.07) is 14.3. The molecule has 0 spiro atoms. The van der Waals surface area contributed by atoms with E-state index < -0.39 is 0 Å². The van der Waals surface area contributed by atoms with E-state index in [2.05, 4.69) is 17.6 Å². The van der Waals surface area contributed by atoms with E-state index in [0.29, 0.717) is 9.14 Å². The van der Waals surface area contributed by atoms with E-state index in [1.54, 1.807) is 24.3 Å². The van der Waals surface area contributed by atoms with Crippen LogP contribution in [0.5, 0.6) is 5.75 Å². The molecule has 19 heavy (non-hydrogen) atoms. The van der Waals surface area contributed by atoms with Crippen molar-refractivity contribution in [3.8, 4) is 5.75 Å². The number of rotatable bonds is 4. The zero-order valence-corrected chi connectivity index (χ0v) is 14.1. The Labute approximate surface area is 125 Å². The summed E-state index contributed by atoms with van der Waals surface area (Å²) >= 11 is -0.346. The maximum atomic E-state index is 12.4. The number of benzene rings is 2. The van der Waals surface area contributed by atoms with Gasteiger partial charge in [-0.25, -0.2) is 0 Å². The molecule has 0 aliphatic rings. The molecule has 2 aromatic carbocycles. The molecule has 1 unspecified atom stereocenters. The van der Waals surface area contributed by atoms with Crippen LogP contribution in [0.2, 0.25) is 4.58 Å². The molecule has 1 atom stereocenters. The molecule has 0 aliphatic carbocycles. The van der Waals surface area contributed by atoms with Gasteiger partial charge in [-0.1, -0.05) is 0 Å². The van der Waals surface area contributed by atoms with E-state index >= 15 is 0 Å². The van der Waals surface area contributed by atoms with Gasteiger partial charge in [-0.2, -0.15) is 0 Å². The second-order valence-electron chi connectivity index (χ2n) is 4.38. The Morgan fingerprint density at radius 3 is 2.42 bits per heavy atom. The molecule has 0 saturated heterocycles. The van der Waals surface area contributed by atoms with Gasteiger partial charge in [0.05, 0.1) is 0 Å². The molecule has 0 aromatic heterocycles. The minimum absolute atomic E-state index is 0.00940. The van der Waals surface area contributed by atoms with Crippen LogP contribution in [0, 0.1) is 0 Å². The van der Waals surface area contributed by atoms with E-state index in [0.717, 1.165) is 5.56 Å². The number of phenols is 1. The van der Waals surface area contributed by atoms with Crippen LogP contribution in [0.4, 0.5) is 0 Å². The Morgan fingerprint density at radius 1 is 1.11 bits per heavy atom. The molecule has 1 N–H and O–H groups in total. The van der Waals surface area contributed by atoms with Gasteiger partial charge in [0.2, 0.25) is 0 Å². The van der Waals surface area contributed by atoms with Crippen molar-refractivity contribution in [2.75, 3.05) is 0 Å². The van der Waals surface area contributed by atoms with Crippen molar-refractivity contribution in [3.05, 3.63) is 65.2 Å². The first-order chi connectivity index (χ1) is 9.11. The summed E-state index contributed by atoms with van der Waals surface area (Å²) in [4.78, 5) is 12.4. The van der Waals surface area contributed by atoms with Crippen LogP contribution in [0.25, 0.3) is 0 Å². The number of hydrogen-bond donors (Lipinski definition) is 1. The SMILES string of the molecule is [CH3][Po][CH](C)c1cccc(C(=O)c2ccc(O)cc2)c1. The van der Waals surface area contributed by atoms with Crippen molar-refractivity contribution in [2.45, 2.75) is 15.1 Å². The van der Waals surface area contributed by atoms with Crippen molar-refractivity contribution in [3.63, 3.8) is 0 Å². The molecule has 2 nitrogen and oxygen atoms in total. The molecular formula is C16H16O2Po. The van der Waals surface area contributed by atoms with Crippen LogP contribution in [-0.4, -0.2) is 34.5 Å². The van der Waals surface area contributed by atoms with Crippen LogP contribution in [-0.2, 0) is 0 Å². The molecule has 0 fully saturated rings. The van der Waals surface area contributed by atoms with Crippen molar-refractivity contribution in [1.29, 1.82) is 0 Å². The molecule has 2 rings (SSSR count).